The van der Waals surface area contributed by atoms with Crippen LogP contribution in [0.2, 0.25) is 0 Å². The van der Waals surface area contributed by atoms with E-state index in [0.29, 0.717) is 25.6 Å². The molecular weight excluding hydrogens is 481 g/mol. The highest BCUT2D eigenvalue weighted by Crippen LogP contribution is 2.22. The Morgan fingerprint density at radius 1 is 1.14 bits per heavy atom. The molecule has 7 nitrogen and oxygen atoms in total. The number of aromatic nitrogens is 1. The molecule has 8 heteroatoms. The summed E-state index contributed by atoms with van der Waals surface area (Å²) < 4.78 is 10.5. The van der Waals surface area contributed by atoms with Crippen molar-refractivity contribution < 1.29 is 9.26 Å². The smallest absolute Gasteiger partial charge is 0.191 e. The molecule has 2 rings (SSSR count). The molecule has 162 valence electrons. The second-order valence-electron chi connectivity index (χ2n) is 6.63. The molecule has 0 aliphatic carbocycles. The number of nitrogens with zero attached hydrogens (tertiary/aromatic N) is 2. The van der Waals surface area contributed by atoms with Gasteiger partial charge < -0.3 is 25.2 Å². The highest BCUT2D eigenvalue weighted by molar-refractivity contribution is 14.0. The third kappa shape index (κ3) is 8.61. The number of aliphatic imine (C=N–C) groups is 1. The summed E-state index contributed by atoms with van der Waals surface area (Å²) in [5, 5.41) is 14.1. The van der Waals surface area contributed by atoms with Crippen molar-refractivity contribution in [1.29, 1.82) is 0 Å². The van der Waals surface area contributed by atoms with E-state index in [9.17, 15) is 0 Å². The largest absolute Gasteiger partial charge is 0.383 e. The number of guanidine groups is 1. The van der Waals surface area contributed by atoms with E-state index in [-0.39, 0.29) is 24.0 Å². The molecule has 0 aliphatic heterocycles. The first-order valence-electron chi connectivity index (χ1n) is 9.91. The van der Waals surface area contributed by atoms with Crippen LogP contribution in [0.4, 0.5) is 5.69 Å². The Bertz CT molecular complexity index is 714. The van der Waals surface area contributed by atoms with E-state index in [4.69, 9.17) is 9.26 Å². The fourth-order valence-electron chi connectivity index (χ4n) is 2.93. The monoisotopic (exact) mass is 515 g/mol. The van der Waals surface area contributed by atoms with Crippen molar-refractivity contribution in [2.24, 2.45) is 4.99 Å². The Kier molecular flexibility index (Phi) is 12.4. The number of ether oxygens (including phenoxy) is 1. The molecule has 0 saturated heterocycles. The Labute approximate surface area is 191 Å². The number of hydrogen-bond acceptors (Lipinski definition) is 5. The lowest BCUT2D eigenvalue weighted by atomic mass is 9.99. The van der Waals surface area contributed by atoms with Crippen molar-refractivity contribution in [3.05, 3.63) is 47.3 Å². The summed E-state index contributed by atoms with van der Waals surface area (Å²) in [4.78, 5) is 4.27. The summed E-state index contributed by atoms with van der Waals surface area (Å²) in [6, 6.07) is 10.3. The van der Waals surface area contributed by atoms with Crippen molar-refractivity contribution in [3.8, 4) is 0 Å². The highest BCUT2D eigenvalue weighted by Gasteiger charge is 2.13. The van der Waals surface area contributed by atoms with Crippen LogP contribution in [-0.4, -0.2) is 38.4 Å². The van der Waals surface area contributed by atoms with E-state index in [0.717, 1.165) is 42.5 Å². The van der Waals surface area contributed by atoms with Crippen LogP contribution >= 0.6 is 24.0 Å². The van der Waals surface area contributed by atoms with Gasteiger partial charge in [-0.05, 0) is 30.5 Å². The number of hydrogen-bond donors (Lipinski definition) is 3. The van der Waals surface area contributed by atoms with Gasteiger partial charge in [-0.2, -0.15) is 0 Å². The van der Waals surface area contributed by atoms with E-state index in [2.05, 4.69) is 64.2 Å². The Hall–Kier alpha value is -1.81. The maximum Gasteiger partial charge on any atom is 0.191 e. The lowest BCUT2D eigenvalue weighted by Gasteiger charge is -2.11. The summed E-state index contributed by atoms with van der Waals surface area (Å²) >= 11 is 0. The lowest BCUT2D eigenvalue weighted by Crippen LogP contribution is -2.36. The van der Waals surface area contributed by atoms with Gasteiger partial charge in [0.2, 0.25) is 0 Å². The Morgan fingerprint density at radius 3 is 2.45 bits per heavy atom. The molecule has 0 saturated carbocycles. The zero-order valence-electron chi connectivity index (χ0n) is 17.8. The Balaban J connectivity index is 0.00000420. The highest BCUT2D eigenvalue weighted by atomic mass is 127. The van der Waals surface area contributed by atoms with E-state index < -0.39 is 0 Å². The third-order valence-corrected chi connectivity index (χ3v) is 4.68. The molecule has 2 aromatic rings. The minimum atomic E-state index is 0. The molecule has 0 bridgehead atoms. The van der Waals surface area contributed by atoms with Crippen LogP contribution in [0.25, 0.3) is 0 Å². The van der Waals surface area contributed by atoms with Crippen LogP contribution in [-0.2, 0) is 17.8 Å². The van der Waals surface area contributed by atoms with E-state index >= 15 is 0 Å². The summed E-state index contributed by atoms with van der Waals surface area (Å²) in [7, 11) is 3.46. The van der Waals surface area contributed by atoms with Crippen molar-refractivity contribution in [3.63, 3.8) is 0 Å². The number of nitrogens with one attached hydrogen (secondary N) is 3. The first-order valence-corrected chi connectivity index (χ1v) is 9.91. The predicted octanol–water partition coefficient (Wildman–Crippen LogP) is 4.12. The van der Waals surface area contributed by atoms with Gasteiger partial charge in [-0.15, -0.1) is 24.0 Å². The molecule has 3 N–H and O–H groups in total. The van der Waals surface area contributed by atoms with Crippen molar-refractivity contribution in [2.45, 2.75) is 45.7 Å². The van der Waals surface area contributed by atoms with Crippen molar-refractivity contribution in [2.75, 3.05) is 32.6 Å². The van der Waals surface area contributed by atoms with E-state index in [1.54, 1.807) is 14.2 Å². The molecule has 0 radical (unpaired) electrons. The fraction of sp³-hybridized carbons (Fsp3) is 0.524. The molecule has 0 aliphatic rings. The van der Waals surface area contributed by atoms with Crippen LogP contribution in [0.1, 0.15) is 49.6 Å². The van der Waals surface area contributed by atoms with Crippen LogP contribution < -0.4 is 16.0 Å². The Morgan fingerprint density at radius 2 is 1.83 bits per heavy atom. The van der Waals surface area contributed by atoms with E-state index in [1.807, 2.05) is 6.07 Å². The molecule has 1 heterocycles. The topological polar surface area (TPSA) is 83.7 Å². The fourth-order valence-corrected chi connectivity index (χ4v) is 2.93. The summed E-state index contributed by atoms with van der Waals surface area (Å²) in [6.45, 7) is 7.08. The van der Waals surface area contributed by atoms with Gasteiger partial charge in [-0.1, -0.05) is 31.1 Å². The van der Waals surface area contributed by atoms with Gasteiger partial charge in [0.05, 0.1) is 18.8 Å². The lowest BCUT2D eigenvalue weighted by molar-refractivity contribution is 0.211. The first kappa shape index (κ1) is 25.2. The minimum Gasteiger partial charge on any atom is -0.383 e. The normalized spacial score (nSPS) is 11.3. The molecule has 1 aromatic carbocycles. The van der Waals surface area contributed by atoms with E-state index in [1.165, 1.54) is 5.56 Å². The standard InChI is InChI=1S/C21H33N5O2.HI/c1-5-17(6-2)20-13-19(28-26-20)15-25-21(22-3)24-14-16-7-9-18(10-8-16)23-11-12-27-4;/h7-10,13,17,23H,5-6,11-12,14-15H2,1-4H3,(H2,22,24,25);1H. The number of benzene rings is 1. The third-order valence-electron chi connectivity index (χ3n) is 4.68. The number of anilines is 1. The van der Waals surface area contributed by atoms with Crippen LogP contribution in [0, 0.1) is 0 Å². The quantitative estimate of drug-likeness (QED) is 0.181. The molecule has 1 aromatic heterocycles. The maximum atomic E-state index is 5.45. The number of rotatable bonds is 11. The average molecular weight is 515 g/mol. The van der Waals surface area contributed by atoms with Crippen LogP contribution in [0.15, 0.2) is 39.8 Å². The molecule has 29 heavy (non-hydrogen) atoms. The molecule has 0 spiro atoms. The van der Waals surface area contributed by atoms with Crippen LogP contribution in [0.5, 0.6) is 0 Å². The summed E-state index contributed by atoms with van der Waals surface area (Å²) in [6.07, 6.45) is 2.14. The second kappa shape index (κ2) is 14.2. The first-order chi connectivity index (χ1) is 13.7. The SMILES string of the molecule is CCC(CC)c1cc(CNC(=NC)NCc2ccc(NCCOC)cc2)on1.I. The minimum absolute atomic E-state index is 0. The molecule has 0 fully saturated rings. The van der Waals surface area contributed by atoms with Gasteiger partial charge in [0.1, 0.15) is 0 Å². The molecule has 0 unspecified atom stereocenters. The van der Waals surface area contributed by atoms with Gasteiger partial charge in [0.15, 0.2) is 11.7 Å². The van der Waals surface area contributed by atoms with Crippen LogP contribution in [0.3, 0.4) is 0 Å². The number of halogens is 1. The molecular formula is C21H34IN5O2. The van der Waals surface area contributed by atoms with Gasteiger partial charge in [0, 0.05) is 44.9 Å². The van der Waals surface area contributed by atoms with Gasteiger partial charge in [-0.25, -0.2) is 0 Å². The van der Waals surface area contributed by atoms with Crippen molar-refractivity contribution >= 4 is 35.6 Å². The summed E-state index contributed by atoms with van der Waals surface area (Å²) in [5.74, 6) is 2.00. The van der Waals surface area contributed by atoms with Gasteiger partial charge >= 0.3 is 0 Å². The second-order valence-corrected chi connectivity index (χ2v) is 6.63. The average Bonchev–Trinajstić information content (AvgIpc) is 3.19. The van der Waals surface area contributed by atoms with Gasteiger partial charge in [0.25, 0.3) is 0 Å². The predicted molar refractivity (Wildman–Crippen MR) is 129 cm³/mol. The number of methoxy groups -OCH3 is 1. The zero-order chi connectivity index (χ0) is 20.2. The molecule has 0 atom stereocenters. The zero-order valence-corrected chi connectivity index (χ0v) is 20.2. The summed E-state index contributed by atoms with van der Waals surface area (Å²) in [5.41, 5.74) is 3.29. The van der Waals surface area contributed by atoms with Crippen molar-refractivity contribution in [1.82, 2.24) is 15.8 Å². The molecule has 0 amide bonds. The van der Waals surface area contributed by atoms with Gasteiger partial charge in [-0.3, -0.25) is 4.99 Å². The maximum absolute atomic E-state index is 5.45.